The topological polar surface area (TPSA) is 37.4 Å². The van der Waals surface area contributed by atoms with Gasteiger partial charge < -0.3 is 9.69 Å². The van der Waals surface area contributed by atoms with Crippen LogP contribution >= 0.6 is 0 Å². The van der Waals surface area contributed by atoms with E-state index in [1.807, 2.05) is 11.8 Å². The lowest BCUT2D eigenvalue weighted by Crippen LogP contribution is -2.44. The highest BCUT2D eigenvalue weighted by Crippen LogP contribution is 2.30. The van der Waals surface area contributed by atoms with Gasteiger partial charge in [-0.25, -0.2) is 0 Å². The molecule has 80 valence electrons. The second-order valence-electron chi connectivity index (χ2n) is 5.04. The van der Waals surface area contributed by atoms with Crippen LogP contribution in [0.3, 0.4) is 0 Å². The zero-order valence-corrected chi connectivity index (χ0v) is 9.25. The normalized spacial score (nSPS) is 23.4. The van der Waals surface area contributed by atoms with Crippen molar-refractivity contribution >= 4 is 12.2 Å². The summed E-state index contributed by atoms with van der Waals surface area (Å²) < 4.78 is 0. The molecule has 0 aromatic rings. The average Bonchev–Trinajstić information content (AvgIpc) is 2.09. The molecule has 0 N–H and O–H groups in total. The minimum Gasteiger partial charge on any atom is -0.342 e. The largest absolute Gasteiger partial charge is 0.342 e. The van der Waals surface area contributed by atoms with Crippen molar-refractivity contribution in [2.75, 3.05) is 13.1 Å². The second kappa shape index (κ2) is 4.11. The molecule has 1 fully saturated rings. The Morgan fingerprint density at radius 3 is 2.71 bits per heavy atom. The highest BCUT2D eigenvalue weighted by atomic mass is 16.2. The fraction of sp³-hybridized carbons (Fsp3) is 0.818. The molecular formula is C11H19NO2. The predicted octanol–water partition coefficient (Wildman–Crippen LogP) is 1.47. The van der Waals surface area contributed by atoms with Gasteiger partial charge in [-0.3, -0.25) is 4.79 Å². The summed E-state index contributed by atoms with van der Waals surface area (Å²) in [6.07, 6.45) is 2.55. The van der Waals surface area contributed by atoms with Crippen LogP contribution in [-0.4, -0.2) is 30.2 Å². The molecule has 0 aliphatic carbocycles. The van der Waals surface area contributed by atoms with Gasteiger partial charge in [-0.1, -0.05) is 20.8 Å². The zero-order chi connectivity index (χ0) is 10.8. The van der Waals surface area contributed by atoms with E-state index in [-0.39, 0.29) is 17.2 Å². The van der Waals surface area contributed by atoms with E-state index in [0.29, 0.717) is 13.0 Å². The Bertz CT molecular complexity index is 235. The van der Waals surface area contributed by atoms with Crippen LogP contribution in [-0.2, 0) is 9.59 Å². The van der Waals surface area contributed by atoms with Gasteiger partial charge in [-0.2, -0.15) is 0 Å². The highest BCUT2D eigenvalue weighted by molar-refractivity contribution is 5.78. The van der Waals surface area contributed by atoms with Crippen LogP contribution in [0.25, 0.3) is 0 Å². The van der Waals surface area contributed by atoms with E-state index in [9.17, 15) is 9.59 Å². The molecule has 0 aromatic carbocycles. The van der Waals surface area contributed by atoms with Gasteiger partial charge in [0.2, 0.25) is 5.91 Å². The van der Waals surface area contributed by atoms with E-state index < -0.39 is 0 Å². The molecule has 0 bridgehead atoms. The number of hydrogen-bond acceptors (Lipinski definition) is 2. The number of piperidine rings is 1. The Hall–Kier alpha value is -0.860. The third-order valence-corrected chi connectivity index (χ3v) is 2.78. The first-order chi connectivity index (χ1) is 6.44. The summed E-state index contributed by atoms with van der Waals surface area (Å²) in [7, 11) is 0. The summed E-state index contributed by atoms with van der Waals surface area (Å²) in [4.78, 5) is 24.0. The van der Waals surface area contributed by atoms with Gasteiger partial charge in [0.05, 0.1) is 0 Å². The molecule has 1 amide bonds. The molecule has 1 rings (SSSR count). The molecule has 0 spiro atoms. The highest BCUT2D eigenvalue weighted by Gasteiger charge is 2.31. The van der Waals surface area contributed by atoms with Crippen LogP contribution in [0.5, 0.6) is 0 Å². The van der Waals surface area contributed by atoms with Crippen molar-refractivity contribution in [3.8, 4) is 0 Å². The van der Waals surface area contributed by atoms with Crippen molar-refractivity contribution < 1.29 is 9.59 Å². The summed E-state index contributed by atoms with van der Waals surface area (Å²) in [6.45, 7) is 7.46. The summed E-state index contributed by atoms with van der Waals surface area (Å²) in [5.41, 5.74) is 0.137. The predicted molar refractivity (Wildman–Crippen MR) is 54.8 cm³/mol. The number of likely N-dealkylation sites (tertiary alicyclic amines) is 1. The molecule has 3 heteroatoms. The Morgan fingerprint density at radius 1 is 1.57 bits per heavy atom. The fourth-order valence-corrected chi connectivity index (χ4v) is 1.76. The minimum absolute atomic E-state index is 0.0415. The van der Waals surface area contributed by atoms with E-state index in [1.54, 1.807) is 0 Å². The van der Waals surface area contributed by atoms with Crippen molar-refractivity contribution in [2.24, 2.45) is 11.3 Å². The zero-order valence-electron chi connectivity index (χ0n) is 9.25. The Labute approximate surface area is 85.5 Å². The van der Waals surface area contributed by atoms with Crippen LogP contribution in [0.15, 0.2) is 0 Å². The van der Waals surface area contributed by atoms with Crippen molar-refractivity contribution in [1.82, 2.24) is 4.90 Å². The standard InChI is InChI=1S/C11H19NO2/c1-9(8-13)7-12-5-4-11(2,3)6-10(12)14/h8-9H,4-7H2,1-3H3. The molecule has 1 saturated heterocycles. The smallest absolute Gasteiger partial charge is 0.223 e. The van der Waals surface area contributed by atoms with Crippen molar-refractivity contribution in [3.63, 3.8) is 0 Å². The Kier molecular flexibility index (Phi) is 3.29. The molecule has 0 saturated carbocycles. The number of aldehydes is 1. The average molecular weight is 197 g/mol. The van der Waals surface area contributed by atoms with Gasteiger partial charge in [0.25, 0.3) is 0 Å². The van der Waals surface area contributed by atoms with Crippen LogP contribution in [0.4, 0.5) is 0 Å². The molecule has 3 nitrogen and oxygen atoms in total. The number of hydrogen-bond donors (Lipinski definition) is 0. The maximum atomic E-state index is 11.7. The maximum Gasteiger partial charge on any atom is 0.223 e. The van der Waals surface area contributed by atoms with E-state index in [2.05, 4.69) is 13.8 Å². The van der Waals surface area contributed by atoms with Gasteiger partial charge in [0, 0.05) is 25.4 Å². The lowest BCUT2D eigenvalue weighted by atomic mass is 9.82. The van der Waals surface area contributed by atoms with Gasteiger partial charge >= 0.3 is 0 Å². The molecule has 1 heterocycles. The molecule has 0 radical (unpaired) electrons. The molecule has 1 aliphatic rings. The number of carbonyl (C=O) groups excluding carboxylic acids is 2. The second-order valence-corrected chi connectivity index (χ2v) is 5.04. The number of rotatable bonds is 3. The molecule has 0 aromatic heterocycles. The first-order valence-electron chi connectivity index (χ1n) is 5.18. The van der Waals surface area contributed by atoms with E-state index in [4.69, 9.17) is 0 Å². The van der Waals surface area contributed by atoms with Crippen LogP contribution in [0.1, 0.15) is 33.6 Å². The summed E-state index contributed by atoms with van der Waals surface area (Å²) in [5, 5.41) is 0. The van der Waals surface area contributed by atoms with Crippen LogP contribution in [0, 0.1) is 11.3 Å². The number of amides is 1. The summed E-state index contributed by atoms with van der Waals surface area (Å²) >= 11 is 0. The van der Waals surface area contributed by atoms with Crippen molar-refractivity contribution in [2.45, 2.75) is 33.6 Å². The summed E-state index contributed by atoms with van der Waals surface area (Å²) in [5.74, 6) is 0.148. The lowest BCUT2D eigenvalue weighted by molar-refractivity contribution is -0.138. The summed E-state index contributed by atoms with van der Waals surface area (Å²) in [6, 6.07) is 0. The SMILES string of the molecule is CC(C=O)CN1CCC(C)(C)CC1=O. The fourth-order valence-electron chi connectivity index (χ4n) is 1.76. The van der Waals surface area contributed by atoms with Gasteiger partial charge in [-0.05, 0) is 11.8 Å². The Morgan fingerprint density at radius 2 is 2.21 bits per heavy atom. The maximum absolute atomic E-state index is 11.7. The molecule has 14 heavy (non-hydrogen) atoms. The van der Waals surface area contributed by atoms with E-state index >= 15 is 0 Å². The van der Waals surface area contributed by atoms with E-state index in [0.717, 1.165) is 19.3 Å². The molecule has 1 unspecified atom stereocenters. The molecule has 1 aliphatic heterocycles. The van der Waals surface area contributed by atoms with Crippen molar-refractivity contribution in [1.29, 1.82) is 0 Å². The quantitative estimate of drug-likeness (QED) is 0.642. The lowest BCUT2D eigenvalue weighted by Gasteiger charge is -2.37. The van der Waals surface area contributed by atoms with Crippen LogP contribution < -0.4 is 0 Å². The first-order valence-corrected chi connectivity index (χ1v) is 5.18. The van der Waals surface area contributed by atoms with Gasteiger partial charge in [0.1, 0.15) is 6.29 Å². The van der Waals surface area contributed by atoms with Gasteiger partial charge in [0.15, 0.2) is 0 Å². The Balaban J connectivity index is 2.50. The van der Waals surface area contributed by atoms with Gasteiger partial charge in [-0.15, -0.1) is 0 Å². The van der Waals surface area contributed by atoms with Crippen LogP contribution in [0.2, 0.25) is 0 Å². The van der Waals surface area contributed by atoms with Crippen molar-refractivity contribution in [3.05, 3.63) is 0 Å². The molecular weight excluding hydrogens is 178 g/mol. The number of carbonyl (C=O) groups is 2. The number of nitrogens with zero attached hydrogens (tertiary/aromatic N) is 1. The van der Waals surface area contributed by atoms with E-state index in [1.165, 1.54) is 0 Å². The first kappa shape index (κ1) is 11.2. The molecule has 1 atom stereocenters. The minimum atomic E-state index is -0.0415. The third-order valence-electron chi connectivity index (χ3n) is 2.78. The monoisotopic (exact) mass is 197 g/mol. The third kappa shape index (κ3) is 2.82.